The second-order valence-corrected chi connectivity index (χ2v) is 5.37. The van der Waals surface area contributed by atoms with Crippen LogP contribution in [0.3, 0.4) is 0 Å². The number of benzene rings is 1. The van der Waals surface area contributed by atoms with Gasteiger partial charge in [-0.25, -0.2) is 0 Å². The smallest absolute Gasteiger partial charge is 0.229 e. The van der Waals surface area contributed by atoms with Crippen molar-refractivity contribution in [2.45, 2.75) is 19.8 Å². The van der Waals surface area contributed by atoms with E-state index in [1.807, 2.05) is 25.1 Å². The van der Waals surface area contributed by atoms with Crippen LogP contribution in [0.1, 0.15) is 18.4 Å². The van der Waals surface area contributed by atoms with Crippen molar-refractivity contribution in [2.75, 3.05) is 11.9 Å². The van der Waals surface area contributed by atoms with E-state index < -0.39 is 0 Å². The third-order valence-electron chi connectivity index (χ3n) is 3.02. The Balaban J connectivity index is 2.02. The standard InChI is InChI=1S/C13H15BrN2O2/c1-8-2-4-10(14)11(6-8)16-13(18)9-3-5-12(17)15-7-9/h2,4,6,9H,3,5,7H2,1H3,(H,15,17)(H,16,18). The predicted molar refractivity (Wildman–Crippen MR) is 73.2 cm³/mol. The minimum absolute atomic E-state index is 0.0239. The van der Waals surface area contributed by atoms with Gasteiger partial charge in [0.25, 0.3) is 0 Å². The summed E-state index contributed by atoms with van der Waals surface area (Å²) in [4.78, 5) is 23.1. The lowest BCUT2D eigenvalue weighted by molar-refractivity contribution is -0.126. The van der Waals surface area contributed by atoms with Crippen LogP contribution in [0.5, 0.6) is 0 Å². The van der Waals surface area contributed by atoms with Gasteiger partial charge in [0.1, 0.15) is 0 Å². The number of aryl methyl sites for hydroxylation is 1. The van der Waals surface area contributed by atoms with E-state index in [1.54, 1.807) is 0 Å². The molecule has 0 bridgehead atoms. The van der Waals surface area contributed by atoms with Gasteiger partial charge in [-0.15, -0.1) is 0 Å². The number of halogens is 1. The Morgan fingerprint density at radius 1 is 1.50 bits per heavy atom. The number of nitrogens with one attached hydrogen (secondary N) is 2. The number of rotatable bonds is 2. The van der Waals surface area contributed by atoms with E-state index in [9.17, 15) is 9.59 Å². The third kappa shape index (κ3) is 3.10. The zero-order valence-electron chi connectivity index (χ0n) is 10.1. The highest BCUT2D eigenvalue weighted by Crippen LogP contribution is 2.24. The van der Waals surface area contributed by atoms with Crippen LogP contribution in [0.15, 0.2) is 22.7 Å². The molecule has 1 fully saturated rings. The van der Waals surface area contributed by atoms with E-state index in [0.29, 0.717) is 19.4 Å². The van der Waals surface area contributed by atoms with Crippen molar-refractivity contribution >= 4 is 33.4 Å². The number of carbonyl (C=O) groups is 2. The maximum absolute atomic E-state index is 12.1. The lowest BCUT2D eigenvalue weighted by Crippen LogP contribution is -2.40. The molecule has 2 N–H and O–H groups in total. The number of hydrogen-bond acceptors (Lipinski definition) is 2. The van der Waals surface area contributed by atoms with Crippen molar-refractivity contribution < 1.29 is 9.59 Å². The number of amides is 2. The van der Waals surface area contributed by atoms with Gasteiger partial charge in [-0.3, -0.25) is 9.59 Å². The topological polar surface area (TPSA) is 58.2 Å². The largest absolute Gasteiger partial charge is 0.355 e. The third-order valence-corrected chi connectivity index (χ3v) is 3.71. The molecule has 1 aliphatic heterocycles. The normalized spacial score (nSPS) is 19.2. The van der Waals surface area contributed by atoms with Gasteiger partial charge in [0.2, 0.25) is 11.8 Å². The summed E-state index contributed by atoms with van der Waals surface area (Å²) in [5.74, 6) is -0.160. The number of anilines is 1. The number of hydrogen-bond donors (Lipinski definition) is 2. The fraction of sp³-hybridized carbons (Fsp3) is 0.385. The molecule has 0 radical (unpaired) electrons. The molecule has 1 saturated heterocycles. The van der Waals surface area contributed by atoms with Crippen LogP contribution in [-0.4, -0.2) is 18.4 Å². The molecule has 1 aromatic rings. The van der Waals surface area contributed by atoms with Gasteiger partial charge in [0.15, 0.2) is 0 Å². The quantitative estimate of drug-likeness (QED) is 0.880. The van der Waals surface area contributed by atoms with Gasteiger partial charge in [-0.05, 0) is 47.0 Å². The molecule has 0 aliphatic carbocycles. The molecule has 1 heterocycles. The zero-order chi connectivity index (χ0) is 13.1. The van der Waals surface area contributed by atoms with Crippen LogP contribution in [0.25, 0.3) is 0 Å². The highest BCUT2D eigenvalue weighted by atomic mass is 79.9. The fourth-order valence-corrected chi connectivity index (χ4v) is 2.27. The molecule has 2 rings (SSSR count). The molecule has 18 heavy (non-hydrogen) atoms. The van der Waals surface area contributed by atoms with Gasteiger partial charge in [0.05, 0.1) is 11.6 Å². The van der Waals surface area contributed by atoms with Crippen molar-refractivity contribution in [3.05, 3.63) is 28.2 Å². The summed E-state index contributed by atoms with van der Waals surface area (Å²) in [7, 11) is 0. The average Bonchev–Trinajstić information content (AvgIpc) is 2.34. The summed E-state index contributed by atoms with van der Waals surface area (Å²) in [6.45, 7) is 2.40. The molecule has 2 amide bonds. The Morgan fingerprint density at radius 2 is 2.28 bits per heavy atom. The molecule has 1 aliphatic rings. The molecule has 1 unspecified atom stereocenters. The van der Waals surface area contributed by atoms with E-state index in [1.165, 1.54) is 0 Å². The lowest BCUT2D eigenvalue weighted by Gasteiger charge is -2.22. The molecule has 0 spiro atoms. The minimum Gasteiger partial charge on any atom is -0.355 e. The van der Waals surface area contributed by atoms with E-state index >= 15 is 0 Å². The van der Waals surface area contributed by atoms with Gasteiger partial charge < -0.3 is 10.6 Å². The Hall–Kier alpha value is -1.36. The summed E-state index contributed by atoms with van der Waals surface area (Å²) in [6, 6.07) is 5.80. The maximum Gasteiger partial charge on any atom is 0.229 e. The fourth-order valence-electron chi connectivity index (χ4n) is 1.93. The highest BCUT2D eigenvalue weighted by Gasteiger charge is 2.24. The number of piperidine rings is 1. The maximum atomic E-state index is 12.1. The monoisotopic (exact) mass is 310 g/mol. The Bertz CT molecular complexity index is 478. The van der Waals surface area contributed by atoms with E-state index in [0.717, 1.165) is 15.7 Å². The van der Waals surface area contributed by atoms with Crippen molar-refractivity contribution in [3.63, 3.8) is 0 Å². The van der Waals surface area contributed by atoms with E-state index in [4.69, 9.17) is 0 Å². The molecular weight excluding hydrogens is 296 g/mol. The van der Waals surface area contributed by atoms with Crippen LogP contribution in [-0.2, 0) is 9.59 Å². The van der Waals surface area contributed by atoms with Gasteiger partial charge in [0, 0.05) is 17.4 Å². The molecule has 1 atom stereocenters. The van der Waals surface area contributed by atoms with Crippen molar-refractivity contribution in [1.82, 2.24) is 5.32 Å². The van der Waals surface area contributed by atoms with Gasteiger partial charge >= 0.3 is 0 Å². The van der Waals surface area contributed by atoms with Gasteiger partial charge in [-0.2, -0.15) is 0 Å². The summed E-state index contributed by atoms with van der Waals surface area (Å²) in [5.41, 5.74) is 1.86. The molecule has 96 valence electrons. The first kappa shape index (κ1) is 13.1. The van der Waals surface area contributed by atoms with Crippen LogP contribution in [0.2, 0.25) is 0 Å². The molecule has 1 aromatic carbocycles. The second-order valence-electron chi connectivity index (χ2n) is 4.51. The first-order valence-electron chi connectivity index (χ1n) is 5.90. The lowest BCUT2D eigenvalue weighted by atomic mass is 9.98. The Labute approximate surface area is 114 Å². The SMILES string of the molecule is Cc1ccc(Br)c(NC(=O)C2CCC(=O)NC2)c1. The van der Waals surface area contributed by atoms with Gasteiger partial charge in [-0.1, -0.05) is 6.07 Å². The van der Waals surface area contributed by atoms with Crippen LogP contribution in [0, 0.1) is 12.8 Å². The van der Waals surface area contributed by atoms with E-state index in [2.05, 4.69) is 26.6 Å². The minimum atomic E-state index is -0.143. The molecular formula is C13H15BrN2O2. The summed E-state index contributed by atoms with van der Waals surface area (Å²) >= 11 is 3.41. The highest BCUT2D eigenvalue weighted by molar-refractivity contribution is 9.10. The first-order valence-corrected chi connectivity index (χ1v) is 6.69. The van der Waals surface area contributed by atoms with Crippen LogP contribution in [0.4, 0.5) is 5.69 Å². The van der Waals surface area contributed by atoms with Crippen molar-refractivity contribution in [1.29, 1.82) is 0 Å². The first-order chi connectivity index (χ1) is 8.56. The molecule has 4 nitrogen and oxygen atoms in total. The summed E-state index contributed by atoms with van der Waals surface area (Å²) in [6.07, 6.45) is 1.04. The molecule has 0 aromatic heterocycles. The molecule has 0 saturated carbocycles. The second kappa shape index (κ2) is 5.52. The summed E-state index contributed by atoms with van der Waals surface area (Å²) < 4.78 is 0.862. The summed E-state index contributed by atoms with van der Waals surface area (Å²) in [5, 5.41) is 5.61. The number of carbonyl (C=O) groups excluding carboxylic acids is 2. The zero-order valence-corrected chi connectivity index (χ0v) is 11.7. The Kier molecular flexibility index (Phi) is 4.01. The predicted octanol–water partition coefficient (Wildman–Crippen LogP) is 2.22. The van der Waals surface area contributed by atoms with Crippen molar-refractivity contribution in [3.8, 4) is 0 Å². The van der Waals surface area contributed by atoms with Crippen LogP contribution >= 0.6 is 15.9 Å². The Morgan fingerprint density at radius 3 is 2.94 bits per heavy atom. The molecule has 5 heteroatoms. The van der Waals surface area contributed by atoms with E-state index in [-0.39, 0.29) is 17.7 Å². The van der Waals surface area contributed by atoms with Crippen LogP contribution < -0.4 is 10.6 Å². The average molecular weight is 311 g/mol. The van der Waals surface area contributed by atoms with Crippen molar-refractivity contribution in [2.24, 2.45) is 5.92 Å².